The Morgan fingerprint density at radius 1 is 0.107 bits per heavy atom. The van der Waals surface area contributed by atoms with E-state index < -0.39 is 0 Å². The van der Waals surface area contributed by atoms with Gasteiger partial charge < -0.3 is 8.83 Å². The number of fused-ring (bicyclic) bond motifs is 39. The molecule has 149 heavy (non-hydrogen) atoms. The normalized spacial score (nSPS) is 11.9. The second-order valence-corrected chi connectivity index (χ2v) is 42.3. The molecule has 0 aliphatic rings. The lowest BCUT2D eigenvalue weighted by molar-refractivity contribution is 0.669. The molecule has 0 saturated carbocycles. The highest BCUT2D eigenvalue weighted by molar-refractivity contribution is 7.27. The zero-order chi connectivity index (χ0) is 97.8. The molecular formula is C144H86O2S3. The molecule has 0 atom stereocenters. The molecule has 692 valence electrons. The average Bonchev–Trinajstić information content (AvgIpc) is 1.75. The number of para-hydroxylation sites is 3. The van der Waals surface area contributed by atoms with Gasteiger partial charge in [0.1, 0.15) is 22.3 Å². The topological polar surface area (TPSA) is 26.3 Å². The van der Waals surface area contributed by atoms with Gasteiger partial charge in [-0.25, -0.2) is 0 Å². The highest BCUT2D eigenvalue weighted by Crippen LogP contribution is 2.52. The fraction of sp³-hybridized carbons (Fsp3) is 0. The summed E-state index contributed by atoms with van der Waals surface area (Å²) in [5.74, 6) is 0. The average molecular weight is 1940 g/mol. The third kappa shape index (κ3) is 14.2. The van der Waals surface area contributed by atoms with Crippen LogP contribution in [0.3, 0.4) is 0 Å². The van der Waals surface area contributed by atoms with Gasteiger partial charge in [-0.15, -0.1) is 34.0 Å². The molecule has 0 spiro atoms. The van der Waals surface area contributed by atoms with Gasteiger partial charge in [0.25, 0.3) is 0 Å². The highest BCUT2D eigenvalue weighted by atomic mass is 32.1. The van der Waals surface area contributed by atoms with E-state index in [1.807, 2.05) is 52.2 Å². The predicted molar refractivity (Wildman–Crippen MR) is 647 cm³/mol. The molecule has 28 aromatic carbocycles. The van der Waals surface area contributed by atoms with Crippen molar-refractivity contribution >= 4 is 268 Å². The quantitative estimate of drug-likeness (QED) is 0.149. The molecule has 0 N–H and O–H groups in total. The molecular weight excluding hydrogens is 1860 g/mol. The van der Waals surface area contributed by atoms with E-state index in [-0.39, 0.29) is 0 Å². The molecule has 0 amide bonds. The van der Waals surface area contributed by atoms with Crippen molar-refractivity contribution in [2.75, 3.05) is 0 Å². The lowest BCUT2D eigenvalue weighted by Crippen LogP contribution is -1.87. The van der Waals surface area contributed by atoms with Crippen LogP contribution in [0.1, 0.15) is 0 Å². The lowest BCUT2D eigenvalue weighted by atomic mass is 9.90. The van der Waals surface area contributed by atoms with Crippen LogP contribution in [0.5, 0.6) is 0 Å². The maximum atomic E-state index is 6.69. The van der Waals surface area contributed by atoms with Crippen LogP contribution in [-0.2, 0) is 0 Å². The van der Waals surface area contributed by atoms with Crippen molar-refractivity contribution in [1.29, 1.82) is 0 Å². The summed E-state index contributed by atoms with van der Waals surface area (Å²) >= 11 is 5.71. The van der Waals surface area contributed by atoms with Crippen LogP contribution < -0.4 is 0 Å². The van der Waals surface area contributed by atoms with Gasteiger partial charge in [0.05, 0.1) is 0 Å². The first-order valence-corrected chi connectivity index (χ1v) is 53.5. The minimum atomic E-state index is 0.933. The maximum Gasteiger partial charge on any atom is 0.143 e. The molecule has 33 rings (SSSR count). The molecule has 2 nitrogen and oxygen atoms in total. The molecule has 33 aromatic rings. The summed E-state index contributed by atoms with van der Waals surface area (Å²) in [5, 5.41) is 43.9. The second-order valence-electron chi connectivity index (χ2n) is 39.2. The lowest BCUT2D eigenvalue weighted by Gasteiger charge is -2.14. The van der Waals surface area contributed by atoms with Gasteiger partial charge in [-0.05, 0) is 257 Å². The third-order valence-corrected chi connectivity index (χ3v) is 34.8. The standard InChI is InChI=1S/C42H24S2.C36H22O.C36H22S.C30H18O/c1-2-10-30-29(9-1)37-23-25(27-13-7-15-35-33-11-3-5-17-39(33)43-41(27)35)19-21-31(37)32-22-20-26(24-38(30)32)28-14-8-16-36-34-12-4-6-18-40(34)44-42(28)36;2*1-2-10-23(11-3-1)25-16-8-18-32-33-19-9-17-26(36(33)37-35(25)32)24-20-21-31-29-14-5-4-12-27(29)28-13-6-7-15-30(28)34(31)22-24;1-2-9-23-21(7-1)22-8-3-4-10-24(22)27-17-19(13-15-25(23)27)20-14-16-30-28(18-20)26-11-5-6-12-29(26)31-30/h1-24H;2*1-22H;1-18H. The zero-order valence-corrected chi connectivity index (χ0v) is 83.1. The van der Waals surface area contributed by atoms with Crippen LogP contribution >= 0.6 is 34.0 Å². The Labute approximate surface area is 869 Å². The van der Waals surface area contributed by atoms with Crippen LogP contribution in [0.4, 0.5) is 0 Å². The van der Waals surface area contributed by atoms with Crippen molar-refractivity contribution in [3.63, 3.8) is 0 Å². The third-order valence-electron chi connectivity index (χ3n) is 31.1. The van der Waals surface area contributed by atoms with Gasteiger partial charge in [-0.1, -0.05) is 461 Å². The van der Waals surface area contributed by atoms with Gasteiger partial charge >= 0.3 is 0 Å². The molecule has 5 aromatic heterocycles. The van der Waals surface area contributed by atoms with Crippen molar-refractivity contribution < 1.29 is 8.83 Å². The van der Waals surface area contributed by atoms with E-state index in [2.05, 4.69) is 504 Å². The van der Waals surface area contributed by atoms with Gasteiger partial charge in [-0.3, -0.25) is 0 Å². The first-order valence-electron chi connectivity index (χ1n) is 51.0. The van der Waals surface area contributed by atoms with Gasteiger partial charge in [0.2, 0.25) is 0 Å². The summed E-state index contributed by atoms with van der Waals surface area (Å²) in [4.78, 5) is 0. The second kappa shape index (κ2) is 35.2. The fourth-order valence-electron chi connectivity index (χ4n) is 24.2. The highest BCUT2D eigenvalue weighted by Gasteiger charge is 2.24. The number of hydrogen-bond donors (Lipinski definition) is 0. The summed E-state index contributed by atoms with van der Waals surface area (Å²) in [5.41, 5.74) is 21.0. The number of thiophene rings is 3. The van der Waals surface area contributed by atoms with E-state index in [0.29, 0.717) is 0 Å². The fourth-order valence-corrected chi connectivity index (χ4v) is 28.0. The summed E-state index contributed by atoms with van der Waals surface area (Å²) in [7, 11) is 0. The summed E-state index contributed by atoms with van der Waals surface area (Å²) < 4.78 is 20.8. The van der Waals surface area contributed by atoms with Crippen LogP contribution in [-0.4, -0.2) is 0 Å². The molecule has 0 fully saturated rings. The summed E-state index contributed by atoms with van der Waals surface area (Å²) in [6.07, 6.45) is 0. The Hall–Kier alpha value is -18.5. The monoisotopic (exact) mass is 1940 g/mol. The molecule has 0 aliphatic carbocycles. The summed E-state index contributed by atoms with van der Waals surface area (Å²) in [6.45, 7) is 0. The first-order chi connectivity index (χ1) is 73.9. The number of benzene rings is 28. The van der Waals surface area contributed by atoms with Crippen LogP contribution in [0, 0.1) is 0 Å². The van der Waals surface area contributed by atoms with Crippen molar-refractivity contribution in [1.82, 2.24) is 0 Å². The van der Waals surface area contributed by atoms with E-state index >= 15 is 0 Å². The zero-order valence-electron chi connectivity index (χ0n) is 80.7. The van der Waals surface area contributed by atoms with Crippen LogP contribution in [0.15, 0.2) is 531 Å². The Kier molecular flexibility index (Phi) is 20.3. The molecule has 0 radical (unpaired) electrons. The van der Waals surface area contributed by atoms with E-state index in [1.165, 1.54) is 251 Å². The molecule has 0 saturated heterocycles. The number of hydrogen-bond acceptors (Lipinski definition) is 5. The van der Waals surface area contributed by atoms with Gasteiger partial charge in [-0.2, -0.15) is 0 Å². The van der Waals surface area contributed by atoms with E-state index in [9.17, 15) is 0 Å². The van der Waals surface area contributed by atoms with Crippen LogP contribution in [0.25, 0.3) is 312 Å². The Balaban J connectivity index is 0.0000000921. The first kappa shape index (κ1) is 86.1. The Bertz CT molecular complexity index is 10700. The maximum absolute atomic E-state index is 6.69. The Morgan fingerprint density at radius 3 is 0.678 bits per heavy atom. The minimum absolute atomic E-state index is 0.933. The molecule has 0 bridgehead atoms. The molecule has 5 heterocycles. The van der Waals surface area contributed by atoms with Crippen molar-refractivity contribution in [2.45, 2.75) is 0 Å². The number of rotatable bonds is 7. The largest absolute Gasteiger partial charge is 0.456 e. The van der Waals surface area contributed by atoms with Crippen LogP contribution in [0.2, 0.25) is 0 Å². The molecule has 5 heteroatoms. The molecule has 0 aliphatic heterocycles. The minimum Gasteiger partial charge on any atom is -0.456 e. The van der Waals surface area contributed by atoms with E-state index in [4.69, 9.17) is 8.83 Å². The number of furan rings is 2. The summed E-state index contributed by atoms with van der Waals surface area (Å²) in [6, 6.07) is 190. The van der Waals surface area contributed by atoms with Crippen molar-refractivity contribution in [3.05, 3.63) is 522 Å². The van der Waals surface area contributed by atoms with Gasteiger partial charge in [0, 0.05) is 93.2 Å². The van der Waals surface area contributed by atoms with Gasteiger partial charge in [0.15, 0.2) is 0 Å². The van der Waals surface area contributed by atoms with E-state index in [0.717, 1.165) is 60.6 Å². The van der Waals surface area contributed by atoms with Crippen molar-refractivity contribution in [3.8, 4) is 77.9 Å². The molecule has 0 unspecified atom stereocenters. The Morgan fingerprint density at radius 2 is 0.322 bits per heavy atom. The smallest absolute Gasteiger partial charge is 0.143 e. The van der Waals surface area contributed by atoms with Crippen molar-refractivity contribution in [2.24, 2.45) is 0 Å². The SMILES string of the molecule is c1ccc(-c2cccc3c2oc2c(-c4ccc5c6ccccc6c6ccccc6c5c4)cccc23)cc1.c1ccc(-c2cccc3c2sc2c(-c4ccc5c6ccccc6c6ccccc6c5c4)cccc23)cc1.c1ccc2c(c1)oc1ccc(-c3ccc4c5ccccc5c5ccccc5c4c3)cc12.c1ccc2c(c1)sc1c(-c3ccc4c5ccc(-c6cccc7c6sc6ccccc67)cc5c5ccccc5c4c3)cccc12. The van der Waals surface area contributed by atoms with E-state index in [1.54, 1.807) is 0 Å². The predicted octanol–water partition coefficient (Wildman–Crippen LogP) is 43.2.